The summed E-state index contributed by atoms with van der Waals surface area (Å²) in [7, 11) is 0. The van der Waals surface area contributed by atoms with Gasteiger partial charge in [0.1, 0.15) is 13.2 Å². The Morgan fingerprint density at radius 2 is 1.48 bits per heavy atom. The van der Waals surface area contributed by atoms with Crippen LogP contribution in [0.25, 0.3) is 0 Å². The highest BCUT2D eigenvalue weighted by Crippen LogP contribution is 2.06. The minimum absolute atomic E-state index is 0.0966. The van der Waals surface area contributed by atoms with Crippen molar-refractivity contribution in [2.45, 2.75) is 65.4 Å². The number of rotatable bonds is 11. The predicted molar refractivity (Wildman–Crippen MR) is 76.5 cm³/mol. The van der Waals surface area contributed by atoms with Gasteiger partial charge in [0.25, 0.3) is 0 Å². The maximum absolute atomic E-state index is 11.5. The van der Waals surface area contributed by atoms with E-state index in [1.807, 2.05) is 0 Å². The maximum atomic E-state index is 11.5. The Labute approximate surface area is 126 Å². The van der Waals surface area contributed by atoms with Crippen LogP contribution < -0.4 is 0 Å². The third-order valence-electron chi connectivity index (χ3n) is 2.72. The number of hydrogen-bond acceptors (Lipinski definition) is 6. The Hall–Kier alpha value is -1.59. The van der Waals surface area contributed by atoms with Gasteiger partial charge in [-0.2, -0.15) is 0 Å². The molecule has 0 heterocycles. The number of unbranched alkanes of at least 4 members (excludes halogenated alkanes) is 4. The average Bonchev–Trinajstić information content (AvgIpc) is 2.41. The molecule has 0 aromatic heterocycles. The summed E-state index contributed by atoms with van der Waals surface area (Å²) in [6, 6.07) is 0. The van der Waals surface area contributed by atoms with Crippen LogP contribution in [0, 0.1) is 0 Å². The second-order valence-corrected chi connectivity index (χ2v) is 4.88. The Kier molecular flexibility index (Phi) is 11.3. The summed E-state index contributed by atoms with van der Waals surface area (Å²) in [5.41, 5.74) is 0. The average molecular weight is 302 g/mol. The monoisotopic (exact) mass is 302 g/mol. The van der Waals surface area contributed by atoms with Crippen molar-refractivity contribution in [2.24, 2.45) is 0 Å². The molecule has 0 saturated heterocycles. The molecular weight excluding hydrogens is 276 g/mol. The minimum Gasteiger partial charge on any atom is -0.462 e. The number of carbonyl (C=O) groups is 3. The number of hydrogen-bond donors (Lipinski definition) is 0. The molecule has 0 bridgehead atoms. The highest BCUT2D eigenvalue weighted by Gasteiger charge is 2.16. The highest BCUT2D eigenvalue weighted by molar-refractivity contribution is 5.69. The largest absolute Gasteiger partial charge is 0.462 e. The third kappa shape index (κ3) is 13.2. The lowest BCUT2D eigenvalue weighted by atomic mass is 10.1. The molecule has 1 unspecified atom stereocenters. The second-order valence-electron chi connectivity index (χ2n) is 4.88. The molecule has 6 heteroatoms. The molecule has 0 fully saturated rings. The van der Waals surface area contributed by atoms with Crippen molar-refractivity contribution in [3.8, 4) is 0 Å². The fraction of sp³-hybridized carbons (Fsp3) is 0.800. The first-order chi connectivity index (χ1) is 9.95. The van der Waals surface area contributed by atoms with Crippen molar-refractivity contribution in [1.29, 1.82) is 0 Å². The third-order valence-corrected chi connectivity index (χ3v) is 2.72. The van der Waals surface area contributed by atoms with Gasteiger partial charge in [-0.15, -0.1) is 0 Å². The van der Waals surface area contributed by atoms with Gasteiger partial charge in [0.05, 0.1) is 0 Å². The van der Waals surface area contributed by atoms with Crippen molar-refractivity contribution < 1.29 is 28.6 Å². The molecule has 0 aromatic carbocycles. The van der Waals surface area contributed by atoms with E-state index >= 15 is 0 Å². The lowest BCUT2D eigenvalue weighted by Gasteiger charge is -2.16. The van der Waals surface area contributed by atoms with Crippen LogP contribution in [0.15, 0.2) is 0 Å². The fourth-order valence-electron chi connectivity index (χ4n) is 1.69. The van der Waals surface area contributed by atoms with Gasteiger partial charge in [0.15, 0.2) is 6.10 Å². The summed E-state index contributed by atoms with van der Waals surface area (Å²) in [6.07, 6.45) is 4.84. The topological polar surface area (TPSA) is 78.9 Å². The summed E-state index contributed by atoms with van der Waals surface area (Å²) in [5.74, 6) is -1.32. The molecule has 6 nitrogen and oxygen atoms in total. The molecule has 0 rings (SSSR count). The SMILES string of the molecule is CCCCCCCC(=O)OCC(COC(C)=O)OC(C)=O. The van der Waals surface area contributed by atoms with Gasteiger partial charge in [0.2, 0.25) is 0 Å². The lowest BCUT2D eigenvalue weighted by Crippen LogP contribution is -2.29. The van der Waals surface area contributed by atoms with Crippen LogP contribution in [0.2, 0.25) is 0 Å². The van der Waals surface area contributed by atoms with E-state index in [9.17, 15) is 14.4 Å². The molecule has 122 valence electrons. The predicted octanol–water partition coefficient (Wildman–Crippen LogP) is 2.38. The second kappa shape index (κ2) is 12.2. The number of carbonyl (C=O) groups excluding carboxylic acids is 3. The van der Waals surface area contributed by atoms with Gasteiger partial charge in [0, 0.05) is 20.3 Å². The van der Waals surface area contributed by atoms with E-state index in [1.54, 1.807) is 0 Å². The molecule has 0 aromatic rings. The van der Waals surface area contributed by atoms with Crippen LogP contribution >= 0.6 is 0 Å². The molecule has 0 spiro atoms. The zero-order valence-electron chi connectivity index (χ0n) is 13.2. The summed E-state index contributed by atoms with van der Waals surface area (Å²) < 4.78 is 14.7. The van der Waals surface area contributed by atoms with E-state index in [1.165, 1.54) is 20.3 Å². The van der Waals surface area contributed by atoms with Crippen molar-refractivity contribution in [1.82, 2.24) is 0 Å². The Balaban J connectivity index is 3.89. The summed E-state index contributed by atoms with van der Waals surface area (Å²) in [5, 5.41) is 0. The molecular formula is C15H26O6. The maximum Gasteiger partial charge on any atom is 0.305 e. The highest BCUT2D eigenvalue weighted by atomic mass is 16.6. The Morgan fingerprint density at radius 1 is 0.857 bits per heavy atom. The zero-order chi connectivity index (χ0) is 16.1. The molecule has 21 heavy (non-hydrogen) atoms. The normalized spacial score (nSPS) is 11.6. The smallest absolute Gasteiger partial charge is 0.305 e. The van der Waals surface area contributed by atoms with Crippen LogP contribution in [0.3, 0.4) is 0 Å². The van der Waals surface area contributed by atoms with E-state index in [4.69, 9.17) is 14.2 Å². The molecule has 0 saturated carbocycles. The van der Waals surface area contributed by atoms with Crippen LogP contribution in [0.4, 0.5) is 0 Å². The van der Waals surface area contributed by atoms with Gasteiger partial charge < -0.3 is 14.2 Å². The van der Waals surface area contributed by atoms with Gasteiger partial charge in [-0.1, -0.05) is 32.6 Å². The van der Waals surface area contributed by atoms with Gasteiger partial charge in [-0.05, 0) is 6.42 Å². The molecule has 0 aliphatic carbocycles. The first-order valence-corrected chi connectivity index (χ1v) is 7.41. The first-order valence-electron chi connectivity index (χ1n) is 7.41. The van der Waals surface area contributed by atoms with E-state index in [0.717, 1.165) is 25.7 Å². The van der Waals surface area contributed by atoms with E-state index in [2.05, 4.69) is 6.92 Å². The van der Waals surface area contributed by atoms with Crippen LogP contribution in [-0.2, 0) is 28.6 Å². The zero-order valence-corrected chi connectivity index (χ0v) is 13.2. The van der Waals surface area contributed by atoms with Gasteiger partial charge >= 0.3 is 17.9 Å². The molecule has 0 radical (unpaired) electrons. The number of esters is 3. The molecule has 0 aliphatic rings. The van der Waals surface area contributed by atoms with Crippen LogP contribution in [-0.4, -0.2) is 37.2 Å². The standard InChI is InChI=1S/C15H26O6/c1-4-5-6-7-8-9-15(18)20-11-14(21-13(3)17)10-19-12(2)16/h14H,4-11H2,1-3H3. The molecule has 0 amide bonds. The van der Waals surface area contributed by atoms with Gasteiger partial charge in [-0.3, -0.25) is 14.4 Å². The first kappa shape index (κ1) is 19.4. The Bertz CT molecular complexity index is 326. The quantitative estimate of drug-likeness (QED) is 0.331. The van der Waals surface area contributed by atoms with Crippen molar-refractivity contribution in [3.63, 3.8) is 0 Å². The fourth-order valence-corrected chi connectivity index (χ4v) is 1.69. The van der Waals surface area contributed by atoms with Crippen molar-refractivity contribution in [2.75, 3.05) is 13.2 Å². The van der Waals surface area contributed by atoms with E-state index in [0.29, 0.717) is 6.42 Å². The lowest BCUT2D eigenvalue weighted by molar-refractivity contribution is -0.164. The van der Waals surface area contributed by atoms with E-state index < -0.39 is 18.0 Å². The van der Waals surface area contributed by atoms with Crippen LogP contribution in [0.5, 0.6) is 0 Å². The molecule has 1 atom stereocenters. The minimum atomic E-state index is -0.754. The number of ether oxygens (including phenoxy) is 3. The summed E-state index contributed by atoms with van der Waals surface area (Å²) in [4.78, 5) is 33.2. The summed E-state index contributed by atoms with van der Waals surface area (Å²) in [6.45, 7) is 4.43. The van der Waals surface area contributed by atoms with Crippen molar-refractivity contribution in [3.05, 3.63) is 0 Å². The van der Waals surface area contributed by atoms with E-state index in [-0.39, 0.29) is 19.2 Å². The molecule has 0 N–H and O–H groups in total. The van der Waals surface area contributed by atoms with Gasteiger partial charge in [-0.25, -0.2) is 0 Å². The molecule has 0 aliphatic heterocycles. The summed E-state index contributed by atoms with van der Waals surface area (Å²) >= 11 is 0. The van der Waals surface area contributed by atoms with Crippen molar-refractivity contribution >= 4 is 17.9 Å². The van der Waals surface area contributed by atoms with Crippen LogP contribution in [0.1, 0.15) is 59.3 Å². The Morgan fingerprint density at radius 3 is 2.05 bits per heavy atom.